The van der Waals surface area contributed by atoms with Crippen molar-refractivity contribution in [3.8, 4) is 11.3 Å². The number of carbonyl (C=O) groups is 1. The monoisotopic (exact) mass is 312 g/mol. The van der Waals surface area contributed by atoms with Gasteiger partial charge in [-0.25, -0.2) is 0 Å². The Morgan fingerprint density at radius 2 is 1.77 bits per heavy atom. The molecular weight excluding hydrogens is 300 g/mol. The number of pyridine rings is 1. The lowest BCUT2D eigenvalue weighted by Crippen LogP contribution is -2.22. The van der Waals surface area contributed by atoms with Crippen LogP contribution in [0.5, 0.6) is 0 Å². The molecule has 0 aliphatic carbocycles. The van der Waals surface area contributed by atoms with Crippen molar-refractivity contribution in [1.82, 2.24) is 10.3 Å². The molecule has 4 nitrogen and oxygen atoms in total. The first-order valence-corrected chi connectivity index (χ1v) is 7.13. The molecule has 0 aliphatic rings. The van der Waals surface area contributed by atoms with Crippen molar-refractivity contribution < 1.29 is 9.21 Å². The molecule has 0 saturated carbocycles. The zero-order valence-corrected chi connectivity index (χ0v) is 12.4. The summed E-state index contributed by atoms with van der Waals surface area (Å²) in [6, 6.07) is 14.4. The summed E-state index contributed by atoms with van der Waals surface area (Å²) in [5.41, 5.74) is 1.51. The number of nitrogens with one attached hydrogen (secondary N) is 1. The summed E-state index contributed by atoms with van der Waals surface area (Å²) in [4.78, 5) is 15.8. The summed E-state index contributed by atoms with van der Waals surface area (Å²) in [7, 11) is 0. The first kappa shape index (κ1) is 14.4. The van der Waals surface area contributed by atoms with E-state index in [9.17, 15) is 4.79 Å². The third kappa shape index (κ3) is 3.35. The van der Waals surface area contributed by atoms with Crippen molar-refractivity contribution in [3.05, 3.63) is 77.3 Å². The Morgan fingerprint density at radius 3 is 2.50 bits per heavy atom. The van der Waals surface area contributed by atoms with E-state index < -0.39 is 0 Å². The van der Waals surface area contributed by atoms with E-state index in [0.29, 0.717) is 22.9 Å². The zero-order valence-electron chi connectivity index (χ0n) is 11.6. The Kier molecular flexibility index (Phi) is 4.21. The lowest BCUT2D eigenvalue weighted by atomic mass is 10.2. The quantitative estimate of drug-likeness (QED) is 0.794. The highest BCUT2D eigenvalue weighted by atomic mass is 35.5. The fourth-order valence-electron chi connectivity index (χ4n) is 2.01. The van der Waals surface area contributed by atoms with Gasteiger partial charge in [0.05, 0.1) is 6.54 Å². The van der Waals surface area contributed by atoms with Gasteiger partial charge in [-0.1, -0.05) is 11.6 Å². The number of hydrogen-bond acceptors (Lipinski definition) is 3. The Hall–Kier alpha value is -2.59. The van der Waals surface area contributed by atoms with Gasteiger partial charge in [0.2, 0.25) is 0 Å². The fourth-order valence-corrected chi connectivity index (χ4v) is 2.14. The van der Waals surface area contributed by atoms with Gasteiger partial charge in [-0.15, -0.1) is 0 Å². The SMILES string of the molecule is O=C(NCc1ccc(-c2ccc(Cl)cc2)o1)c1ccncc1. The third-order valence-corrected chi connectivity index (χ3v) is 3.41. The number of amides is 1. The molecule has 0 spiro atoms. The second kappa shape index (κ2) is 6.45. The minimum Gasteiger partial charge on any atom is -0.459 e. The standard InChI is InChI=1S/C17H13ClN2O2/c18-14-3-1-12(2-4-14)16-6-5-15(22-16)11-20-17(21)13-7-9-19-10-8-13/h1-10H,11H2,(H,20,21). The van der Waals surface area contributed by atoms with E-state index in [1.165, 1.54) is 0 Å². The van der Waals surface area contributed by atoms with Crippen LogP contribution in [0, 0.1) is 0 Å². The molecule has 1 aromatic carbocycles. The number of nitrogens with zero attached hydrogens (tertiary/aromatic N) is 1. The summed E-state index contributed by atoms with van der Waals surface area (Å²) in [5.74, 6) is 1.27. The van der Waals surface area contributed by atoms with Crippen LogP contribution in [0.25, 0.3) is 11.3 Å². The van der Waals surface area contributed by atoms with Gasteiger partial charge in [0, 0.05) is 28.5 Å². The first-order valence-electron chi connectivity index (χ1n) is 6.75. The highest BCUT2D eigenvalue weighted by molar-refractivity contribution is 6.30. The minimum absolute atomic E-state index is 0.160. The molecule has 2 heterocycles. The van der Waals surface area contributed by atoms with Crippen LogP contribution in [0.4, 0.5) is 0 Å². The number of rotatable bonds is 4. The lowest BCUT2D eigenvalue weighted by molar-refractivity contribution is 0.0948. The Labute approximate surface area is 132 Å². The molecule has 3 rings (SSSR count). The Bertz CT molecular complexity index is 767. The summed E-state index contributed by atoms with van der Waals surface area (Å²) in [5, 5.41) is 3.49. The van der Waals surface area contributed by atoms with Crippen LogP contribution in [-0.2, 0) is 6.54 Å². The van der Waals surface area contributed by atoms with Crippen molar-refractivity contribution in [2.75, 3.05) is 0 Å². The molecule has 5 heteroatoms. The van der Waals surface area contributed by atoms with Crippen molar-refractivity contribution >= 4 is 17.5 Å². The van der Waals surface area contributed by atoms with Crippen LogP contribution < -0.4 is 5.32 Å². The second-order valence-corrected chi connectivity index (χ2v) is 5.13. The van der Waals surface area contributed by atoms with Gasteiger partial charge >= 0.3 is 0 Å². The van der Waals surface area contributed by atoms with E-state index in [0.717, 1.165) is 11.3 Å². The van der Waals surface area contributed by atoms with Gasteiger partial charge in [-0.3, -0.25) is 9.78 Å². The van der Waals surface area contributed by atoms with E-state index in [4.69, 9.17) is 16.0 Å². The molecule has 0 saturated heterocycles. The number of benzene rings is 1. The summed E-state index contributed by atoms with van der Waals surface area (Å²) in [6.45, 7) is 0.328. The van der Waals surface area contributed by atoms with Crippen LogP contribution in [0.1, 0.15) is 16.1 Å². The molecule has 0 fully saturated rings. The first-order chi connectivity index (χ1) is 10.7. The predicted molar refractivity (Wildman–Crippen MR) is 84.6 cm³/mol. The molecule has 1 amide bonds. The molecule has 0 atom stereocenters. The van der Waals surface area contributed by atoms with Crippen molar-refractivity contribution in [1.29, 1.82) is 0 Å². The maximum atomic E-state index is 11.9. The molecule has 0 radical (unpaired) electrons. The number of halogens is 1. The molecule has 3 aromatic rings. The van der Waals surface area contributed by atoms with E-state index in [-0.39, 0.29) is 5.91 Å². The van der Waals surface area contributed by atoms with Crippen molar-refractivity contribution in [3.63, 3.8) is 0 Å². The van der Waals surface area contributed by atoms with Gasteiger partial charge in [0.25, 0.3) is 5.91 Å². The maximum Gasteiger partial charge on any atom is 0.251 e. The van der Waals surface area contributed by atoms with Crippen LogP contribution in [0.3, 0.4) is 0 Å². The Morgan fingerprint density at radius 1 is 1.05 bits per heavy atom. The van der Waals surface area contributed by atoms with Crippen molar-refractivity contribution in [2.24, 2.45) is 0 Å². The molecule has 22 heavy (non-hydrogen) atoms. The fraction of sp³-hybridized carbons (Fsp3) is 0.0588. The molecule has 0 unspecified atom stereocenters. The van der Waals surface area contributed by atoms with Crippen LogP contribution >= 0.6 is 11.6 Å². The number of aromatic nitrogens is 1. The number of carbonyl (C=O) groups excluding carboxylic acids is 1. The van der Waals surface area contributed by atoms with E-state index in [2.05, 4.69) is 10.3 Å². The zero-order chi connectivity index (χ0) is 15.4. The summed E-state index contributed by atoms with van der Waals surface area (Å²) >= 11 is 5.86. The average Bonchev–Trinajstić information content (AvgIpc) is 3.03. The largest absolute Gasteiger partial charge is 0.459 e. The number of hydrogen-bond donors (Lipinski definition) is 1. The lowest BCUT2D eigenvalue weighted by Gasteiger charge is -2.03. The van der Waals surface area contributed by atoms with Gasteiger partial charge in [0.15, 0.2) is 0 Å². The Balaban J connectivity index is 1.65. The smallest absolute Gasteiger partial charge is 0.251 e. The second-order valence-electron chi connectivity index (χ2n) is 4.69. The molecule has 0 aliphatic heterocycles. The van der Waals surface area contributed by atoms with Gasteiger partial charge in [0.1, 0.15) is 11.5 Å². The highest BCUT2D eigenvalue weighted by Crippen LogP contribution is 2.23. The molecule has 2 aromatic heterocycles. The molecule has 1 N–H and O–H groups in total. The van der Waals surface area contributed by atoms with E-state index >= 15 is 0 Å². The summed E-state index contributed by atoms with van der Waals surface area (Å²) in [6.07, 6.45) is 3.17. The van der Waals surface area contributed by atoms with Crippen LogP contribution in [-0.4, -0.2) is 10.9 Å². The topological polar surface area (TPSA) is 55.1 Å². The van der Waals surface area contributed by atoms with E-state index in [1.54, 1.807) is 24.5 Å². The maximum absolute atomic E-state index is 11.9. The molecule has 110 valence electrons. The molecular formula is C17H13ClN2O2. The average molecular weight is 313 g/mol. The van der Waals surface area contributed by atoms with Gasteiger partial charge in [-0.05, 0) is 48.5 Å². The minimum atomic E-state index is -0.160. The third-order valence-electron chi connectivity index (χ3n) is 3.16. The van der Waals surface area contributed by atoms with Crippen molar-refractivity contribution in [2.45, 2.75) is 6.54 Å². The van der Waals surface area contributed by atoms with Crippen LogP contribution in [0.2, 0.25) is 5.02 Å². The summed E-state index contributed by atoms with van der Waals surface area (Å²) < 4.78 is 5.73. The van der Waals surface area contributed by atoms with E-state index in [1.807, 2.05) is 36.4 Å². The van der Waals surface area contributed by atoms with Gasteiger partial charge < -0.3 is 9.73 Å². The molecule has 0 bridgehead atoms. The number of furan rings is 1. The van der Waals surface area contributed by atoms with Crippen LogP contribution in [0.15, 0.2) is 65.3 Å². The van der Waals surface area contributed by atoms with Gasteiger partial charge in [-0.2, -0.15) is 0 Å². The predicted octanol–water partition coefficient (Wildman–Crippen LogP) is 3.93. The highest BCUT2D eigenvalue weighted by Gasteiger charge is 2.08. The normalized spacial score (nSPS) is 10.4.